The minimum absolute atomic E-state index is 0.0762. The van der Waals surface area contributed by atoms with Gasteiger partial charge in [0.15, 0.2) is 6.73 Å². The third kappa shape index (κ3) is 6.04. The topological polar surface area (TPSA) is 96.9 Å². The SMILES string of the molecule is CC(C)(C)OC(=O)N1CCC(c2ccc(Nc3ncc4c(n3)OCN(c3c(Cl)cccc3Cl)C4=O)cc2)CC1. The number of likely N-dealkylation sites (tertiary alicyclic amines) is 1. The van der Waals surface area contributed by atoms with Gasteiger partial charge in [0.1, 0.15) is 11.2 Å². The lowest BCUT2D eigenvalue weighted by atomic mass is 9.89. The van der Waals surface area contributed by atoms with Crippen molar-refractivity contribution in [3.8, 4) is 5.88 Å². The van der Waals surface area contributed by atoms with Crippen molar-refractivity contribution in [3.05, 3.63) is 69.8 Å². The van der Waals surface area contributed by atoms with E-state index in [1.165, 1.54) is 16.7 Å². The highest BCUT2D eigenvalue weighted by atomic mass is 35.5. The summed E-state index contributed by atoms with van der Waals surface area (Å²) in [6.45, 7) is 6.89. The summed E-state index contributed by atoms with van der Waals surface area (Å²) >= 11 is 12.6. The van der Waals surface area contributed by atoms with Gasteiger partial charge in [0.2, 0.25) is 11.8 Å². The van der Waals surface area contributed by atoms with E-state index in [4.69, 9.17) is 32.7 Å². The van der Waals surface area contributed by atoms with Gasteiger partial charge >= 0.3 is 6.09 Å². The Labute approximate surface area is 237 Å². The fourth-order valence-corrected chi connectivity index (χ4v) is 5.22. The van der Waals surface area contributed by atoms with Crippen LogP contribution in [0.25, 0.3) is 0 Å². The van der Waals surface area contributed by atoms with Gasteiger partial charge in [-0.15, -0.1) is 0 Å². The number of ether oxygens (including phenoxy) is 2. The van der Waals surface area contributed by atoms with Crippen LogP contribution in [0, 0.1) is 0 Å². The molecule has 0 aliphatic carbocycles. The summed E-state index contributed by atoms with van der Waals surface area (Å²) in [5.41, 5.74) is 2.12. The smallest absolute Gasteiger partial charge is 0.410 e. The summed E-state index contributed by atoms with van der Waals surface area (Å²) in [4.78, 5) is 37.3. The molecule has 0 atom stereocenters. The zero-order valence-electron chi connectivity index (χ0n) is 21.9. The van der Waals surface area contributed by atoms with Crippen molar-refractivity contribution < 1.29 is 19.1 Å². The Balaban J connectivity index is 1.21. The van der Waals surface area contributed by atoms with Gasteiger partial charge in [-0.3, -0.25) is 9.69 Å². The number of halogens is 2. The molecule has 1 fully saturated rings. The number of hydrogen-bond donors (Lipinski definition) is 1. The Morgan fingerprint density at radius 3 is 2.38 bits per heavy atom. The van der Waals surface area contributed by atoms with E-state index in [0.29, 0.717) is 40.7 Å². The van der Waals surface area contributed by atoms with Gasteiger partial charge in [0.25, 0.3) is 5.91 Å². The predicted octanol–water partition coefficient (Wildman–Crippen LogP) is 6.64. The van der Waals surface area contributed by atoms with E-state index in [1.807, 2.05) is 32.9 Å². The number of piperidine rings is 1. The summed E-state index contributed by atoms with van der Waals surface area (Å²) in [7, 11) is 0. The molecule has 39 heavy (non-hydrogen) atoms. The van der Waals surface area contributed by atoms with Crippen molar-refractivity contribution in [2.75, 3.05) is 30.0 Å². The molecule has 2 aliphatic rings. The first kappa shape index (κ1) is 27.0. The van der Waals surface area contributed by atoms with E-state index in [0.717, 1.165) is 18.5 Å². The molecular weight excluding hydrogens is 541 g/mol. The van der Waals surface area contributed by atoms with Crippen LogP contribution < -0.4 is 15.0 Å². The maximum Gasteiger partial charge on any atom is 0.410 e. The predicted molar refractivity (Wildman–Crippen MR) is 150 cm³/mol. The van der Waals surface area contributed by atoms with E-state index in [2.05, 4.69) is 27.4 Å². The highest BCUT2D eigenvalue weighted by Gasteiger charge is 2.31. The summed E-state index contributed by atoms with van der Waals surface area (Å²) in [5.74, 6) is 0.515. The summed E-state index contributed by atoms with van der Waals surface area (Å²) in [5, 5.41) is 3.86. The molecule has 1 saturated heterocycles. The molecule has 9 nitrogen and oxygen atoms in total. The fraction of sp³-hybridized carbons (Fsp3) is 0.357. The van der Waals surface area contributed by atoms with Crippen LogP contribution in [0.4, 0.5) is 22.1 Å². The van der Waals surface area contributed by atoms with Gasteiger partial charge in [-0.2, -0.15) is 4.98 Å². The zero-order valence-corrected chi connectivity index (χ0v) is 23.4. The number of nitrogens with one attached hydrogen (secondary N) is 1. The van der Waals surface area contributed by atoms with Crippen molar-refractivity contribution in [2.24, 2.45) is 0 Å². The van der Waals surface area contributed by atoms with Crippen LogP contribution in [0.2, 0.25) is 10.0 Å². The Hall–Kier alpha value is -3.56. The largest absolute Gasteiger partial charge is 0.455 e. The molecule has 2 aromatic carbocycles. The standard InChI is InChI=1S/C28H29Cl2N5O4/c1-28(2,3)39-27(37)34-13-11-18(12-14-34)17-7-9-19(10-8-17)32-26-31-15-20-24(33-26)38-16-35(25(20)36)23-21(29)5-4-6-22(23)30/h4-10,15,18H,11-14,16H2,1-3H3,(H,31,32,33). The number of aromatic nitrogens is 2. The summed E-state index contributed by atoms with van der Waals surface area (Å²) < 4.78 is 11.3. The molecule has 2 amide bonds. The zero-order chi connectivity index (χ0) is 27.7. The normalized spacial score (nSPS) is 16.0. The maximum absolute atomic E-state index is 13.1. The van der Waals surface area contributed by atoms with E-state index in [1.54, 1.807) is 23.1 Å². The van der Waals surface area contributed by atoms with E-state index < -0.39 is 5.60 Å². The Morgan fingerprint density at radius 1 is 1.08 bits per heavy atom. The molecule has 0 spiro atoms. The summed E-state index contributed by atoms with van der Waals surface area (Å²) in [6.07, 6.45) is 2.93. The molecule has 0 saturated carbocycles. The van der Waals surface area contributed by atoms with Gasteiger partial charge in [-0.05, 0) is 69.4 Å². The molecule has 0 unspecified atom stereocenters. The Morgan fingerprint density at radius 2 is 1.74 bits per heavy atom. The van der Waals surface area contributed by atoms with Crippen LogP contribution in [0.15, 0.2) is 48.7 Å². The molecule has 3 aromatic rings. The first-order chi connectivity index (χ1) is 18.6. The number of benzene rings is 2. The second kappa shape index (κ2) is 10.9. The van der Waals surface area contributed by atoms with Crippen LogP contribution in [-0.2, 0) is 4.74 Å². The van der Waals surface area contributed by atoms with Crippen molar-refractivity contribution in [1.82, 2.24) is 14.9 Å². The molecule has 204 valence electrons. The average Bonchev–Trinajstić information content (AvgIpc) is 2.89. The van der Waals surface area contributed by atoms with Crippen LogP contribution in [0.1, 0.15) is 55.5 Å². The highest BCUT2D eigenvalue weighted by Crippen LogP contribution is 2.37. The second-order valence-corrected chi connectivity index (χ2v) is 11.3. The number of rotatable bonds is 4. The molecule has 1 N–H and O–H groups in total. The second-order valence-electron chi connectivity index (χ2n) is 10.5. The number of hydrogen-bond acceptors (Lipinski definition) is 7. The first-order valence-corrected chi connectivity index (χ1v) is 13.5. The molecule has 0 radical (unpaired) electrons. The third-order valence-electron chi connectivity index (χ3n) is 6.55. The minimum atomic E-state index is -0.495. The van der Waals surface area contributed by atoms with Gasteiger partial charge in [-0.1, -0.05) is 41.4 Å². The number of carbonyl (C=O) groups excluding carboxylic acids is 2. The Kier molecular flexibility index (Phi) is 7.55. The van der Waals surface area contributed by atoms with Gasteiger partial charge in [0, 0.05) is 25.0 Å². The van der Waals surface area contributed by atoms with Crippen LogP contribution in [0.3, 0.4) is 0 Å². The molecule has 1 aromatic heterocycles. The third-order valence-corrected chi connectivity index (χ3v) is 7.16. The minimum Gasteiger partial charge on any atom is -0.455 e. The molecular formula is C28H29Cl2N5O4. The lowest BCUT2D eigenvalue weighted by Crippen LogP contribution is -2.41. The van der Waals surface area contributed by atoms with Gasteiger partial charge in [-0.25, -0.2) is 9.78 Å². The monoisotopic (exact) mass is 569 g/mol. The number of amides is 2. The average molecular weight is 570 g/mol. The Bertz CT molecular complexity index is 1370. The van der Waals surface area contributed by atoms with Gasteiger partial charge < -0.3 is 19.7 Å². The van der Waals surface area contributed by atoms with E-state index in [9.17, 15) is 9.59 Å². The van der Waals surface area contributed by atoms with Crippen molar-refractivity contribution in [1.29, 1.82) is 0 Å². The molecule has 0 bridgehead atoms. The summed E-state index contributed by atoms with van der Waals surface area (Å²) in [6, 6.07) is 13.1. The number of anilines is 3. The lowest BCUT2D eigenvalue weighted by molar-refractivity contribution is 0.0204. The van der Waals surface area contributed by atoms with E-state index in [-0.39, 0.29) is 30.2 Å². The lowest BCUT2D eigenvalue weighted by Gasteiger charge is -2.33. The van der Waals surface area contributed by atoms with E-state index >= 15 is 0 Å². The molecule has 3 heterocycles. The van der Waals surface area contributed by atoms with Crippen molar-refractivity contribution in [2.45, 2.75) is 45.1 Å². The molecule has 11 heteroatoms. The molecule has 5 rings (SSSR count). The van der Waals surface area contributed by atoms with Crippen LogP contribution in [0.5, 0.6) is 5.88 Å². The van der Waals surface area contributed by atoms with Crippen molar-refractivity contribution >= 4 is 52.5 Å². The fourth-order valence-electron chi connectivity index (χ4n) is 4.62. The first-order valence-electron chi connectivity index (χ1n) is 12.7. The number of nitrogens with zero attached hydrogens (tertiary/aromatic N) is 4. The van der Waals surface area contributed by atoms with Crippen LogP contribution >= 0.6 is 23.2 Å². The maximum atomic E-state index is 13.1. The van der Waals surface area contributed by atoms with Crippen molar-refractivity contribution in [3.63, 3.8) is 0 Å². The number of fused-ring (bicyclic) bond motifs is 1. The highest BCUT2D eigenvalue weighted by molar-refractivity contribution is 6.40. The molecule has 2 aliphatic heterocycles. The van der Waals surface area contributed by atoms with Crippen LogP contribution in [-0.4, -0.2) is 52.3 Å². The van der Waals surface area contributed by atoms with Gasteiger partial charge in [0.05, 0.1) is 15.7 Å². The number of carbonyl (C=O) groups is 2. The number of para-hydroxylation sites is 1. The quantitative estimate of drug-likeness (QED) is 0.376.